The fraction of sp³-hybridized carbons (Fsp3) is 1.00. The van der Waals surface area contributed by atoms with Gasteiger partial charge in [-0.1, -0.05) is 168 Å². The van der Waals surface area contributed by atoms with E-state index in [4.69, 9.17) is 30.0 Å². The second kappa shape index (κ2) is 30.9. The molecule has 35 heavy (non-hydrogen) atoms. The molecule has 0 saturated carbocycles. The van der Waals surface area contributed by atoms with Crippen molar-refractivity contribution in [1.29, 1.82) is 0 Å². The molecule has 0 aliphatic rings. The molecule has 0 amide bonds. The van der Waals surface area contributed by atoms with E-state index >= 15 is 0 Å². The zero-order chi connectivity index (χ0) is 25.7. The molecule has 0 spiro atoms. The van der Waals surface area contributed by atoms with Gasteiger partial charge in [0.2, 0.25) is 0 Å². The van der Waals surface area contributed by atoms with Gasteiger partial charge in [0.1, 0.15) is 0 Å². The maximum Gasteiger partial charge on any atom is 0.0583 e. The van der Waals surface area contributed by atoms with Crippen molar-refractivity contribution in [2.45, 2.75) is 191 Å². The van der Waals surface area contributed by atoms with Gasteiger partial charge in [0, 0.05) is 10.5 Å². The normalized spacial score (nSPS) is 13.4. The Bertz CT molecular complexity index is 343. The molecule has 0 bridgehead atoms. The highest BCUT2D eigenvalue weighted by atomic mass is 32.1. The summed E-state index contributed by atoms with van der Waals surface area (Å²) in [7, 11) is 0. The minimum absolute atomic E-state index is 0.394. The molecule has 0 N–H and O–H groups in total. The first-order valence-corrected chi connectivity index (χ1v) is 17.2. The fourth-order valence-corrected chi connectivity index (χ4v) is 5.52. The van der Waals surface area contributed by atoms with Gasteiger partial charge in [0.15, 0.2) is 0 Å². The van der Waals surface area contributed by atoms with Gasteiger partial charge in [-0.25, -0.2) is 0 Å². The molecule has 0 aromatic heterocycles. The summed E-state index contributed by atoms with van der Waals surface area (Å²) >= 11 is 9.49. The van der Waals surface area contributed by atoms with Crippen molar-refractivity contribution in [3.63, 3.8) is 0 Å². The van der Waals surface area contributed by atoms with E-state index in [1.807, 2.05) is 0 Å². The average Bonchev–Trinajstić information content (AvgIpc) is 2.85. The highest BCUT2D eigenvalue weighted by Crippen LogP contribution is 2.16. The van der Waals surface area contributed by atoms with Gasteiger partial charge < -0.3 is 4.74 Å². The van der Waals surface area contributed by atoms with Gasteiger partial charge in [-0.2, -0.15) is 25.3 Å². The average molecular weight is 531 g/mol. The summed E-state index contributed by atoms with van der Waals surface area (Å²) in [6.45, 7) is 6.16. The second-order valence-electron chi connectivity index (χ2n) is 11.2. The highest BCUT2D eigenvalue weighted by molar-refractivity contribution is 7.81. The van der Waals surface area contributed by atoms with Crippen LogP contribution in [-0.4, -0.2) is 23.7 Å². The maximum absolute atomic E-state index is 5.92. The van der Waals surface area contributed by atoms with E-state index in [0.717, 1.165) is 13.2 Å². The van der Waals surface area contributed by atoms with Gasteiger partial charge >= 0.3 is 0 Å². The number of thiol groups is 2. The number of hydrogen-bond acceptors (Lipinski definition) is 3. The van der Waals surface area contributed by atoms with Gasteiger partial charge in [-0.15, -0.1) is 0 Å². The molecule has 0 saturated heterocycles. The summed E-state index contributed by atoms with van der Waals surface area (Å²) in [5.74, 6) is 0. The van der Waals surface area contributed by atoms with Gasteiger partial charge in [-0.3, -0.25) is 0 Å². The van der Waals surface area contributed by atoms with E-state index in [-0.39, 0.29) is 0 Å². The lowest BCUT2D eigenvalue weighted by Gasteiger charge is -2.14. The molecule has 0 heterocycles. The molecule has 0 aromatic carbocycles. The highest BCUT2D eigenvalue weighted by Gasteiger charge is 2.07. The molecular formula is C32H66OS2. The SMILES string of the molecule is CCCCCCCCCCCCCCC(S)COCC(S)CCCCCCCCCCCCCC. The molecule has 2 unspecified atom stereocenters. The Balaban J connectivity index is 3.27. The van der Waals surface area contributed by atoms with E-state index in [2.05, 4.69) is 13.8 Å². The first kappa shape index (κ1) is 35.7. The summed E-state index contributed by atoms with van der Waals surface area (Å²) in [6, 6.07) is 0. The minimum atomic E-state index is 0.394. The Morgan fingerprint density at radius 2 is 0.600 bits per heavy atom. The Morgan fingerprint density at radius 3 is 0.857 bits per heavy atom. The van der Waals surface area contributed by atoms with E-state index in [0.29, 0.717) is 10.5 Å². The monoisotopic (exact) mass is 530 g/mol. The van der Waals surface area contributed by atoms with Gasteiger partial charge in [0.05, 0.1) is 13.2 Å². The fourth-order valence-electron chi connectivity index (χ4n) is 4.95. The standard InChI is InChI=1S/C32H66OS2/c1-3-5-7-9-11-13-15-17-19-21-23-25-27-31(34)29-33-30-32(35)28-26-24-22-20-18-16-14-12-10-8-6-4-2/h31-32,34-35H,3-30H2,1-2H3. The van der Waals surface area contributed by atoms with E-state index in [1.54, 1.807) is 0 Å². The van der Waals surface area contributed by atoms with Crippen LogP contribution in [0.15, 0.2) is 0 Å². The smallest absolute Gasteiger partial charge is 0.0583 e. The molecule has 0 aromatic rings. The lowest BCUT2D eigenvalue weighted by Crippen LogP contribution is -2.15. The summed E-state index contributed by atoms with van der Waals surface area (Å²) < 4.78 is 5.92. The van der Waals surface area contributed by atoms with Gasteiger partial charge in [0.25, 0.3) is 0 Å². The predicted molar refractivity (Wildman–Crippen MR) is 168 cm³/mol. The Hall–Kier alpha value is 0.660. The van der Waals surface area contributed by atoms with E-state index in [1.165, 1.54) is 167 Å². The van der Waals surface area contributed by atoms with Crippen LogP contribution in [0.2, 0.25) is 0 Å². The summed E-state index contributed by atoms with van der Waals surface area (Å²) in [4.78, 5) is 0. The number of ether oxygens (including phenoxy) is 1. The third-order valence-corrected chi connectivity index (χ3v) is 8.22. The third-order valence-electron chi connectivity index (χ3n) is 7.40. The Morgan fingerprint density at radius 1 is 0.371 bits per heavy atom. The van der Waals surface area contributed by atoms with Crippen molar-refractivity contribution < 1.29 is 4.74 Å². The van der Waals surface area contributed by atoms with Crippen LogP contribution in [0.4, 0.5) is 0 Å². The molecule has 0 radical (unpaired) electrons. The van der Waals surface area contributed by atoms with Crippen LogP contribution in [0.1, 0.15) is 181 Å². The molecule has 3 heteroatoms. The van der Waals surface area contributed by atoms with Crippen molar-refractivity contribution >= 4 is 25.3 Å². The molecule has 0 aliphatic heterocycles. The maximum atomic E-state index is 5.92. The molecule has 1 nitrogen and oxygen atoms in total. The lowest BCUT2D eigenvalue weighted by molar-refractivity contribution is 0.133. The number of hydrogen-bond donors (Lipinski definition) is 2. The zero-order valence-electron chi connectivity index (χ0n) is 24.3. The quantitative estimate of drug-likeness (QED) is 0.0693. The summed E-state index contributed by atoms with van der Waals surface area (Å²) in [6.07, 6.45) is 36.3. The number of rotatable bonds is 30. The lowest BCUT2D eigenvalue weighted by atomic mass is 10.0. The molecular weight excluding hydrogens is 464 g/mol. The largest absolute Gasteiger partial charge is 0.379 e. The summed E-state index contributed by atoms with van der Waals surface area (Å²) in [5.41, 5.74) is 0. The van der Waals surface area contributed by atoms with Crippen molar-refractivity contribution in [2.24, 2.45) is 0 Å². The molecule has 212 valence electrons. The topological polar surface area (TPSA) is 9.23 Å². The number of unbranched alkanes of at least 4 members (excludes halogenated alkanes) is 22. The predicted octanol–water partition coefficient (Wildman–Crippen LogP) is 11.8. The Kier molecular flexibility index (Phi) is 31.5. The molecule has 2 atom stereocenters. The van der Waals surface area contributed by atoms with E-state index < -0.39 is 0 Å². The molecule has 0 aliphatic carbocycles. The minimum Gasteiger partial charge on any atom is -0.379 e. The first-order valence-electron chi connectivity index (χ1n) is 16.1. The van der Waals surface area contributed by atoms with Crippen LogP contribution in [0, 0.1) is 0 Å². The first-order chi connectivity index (χ1) is 17.2. The molecule has 0 rings (SSSR count). The van der Waals surface area contributed by atoms with Crippen molar-refractivity contribution in [3.05, 3.63) is 0 Å². The van der Waals surface area contributed by atoms with Crippen LogP contribution >= 0.6 is 25.3 Å². The van der Waals surface area contributed by atoms with Crippen LogP contribution in [-0.2, 0) is 4.74 Å². The van der Waals surface area contributed by atoms with Crippen LogP contribution in [0.3, 0.4) is 0 Å². The second-order valence-corrected chi connectivity index (χ2v) is 12.7. The third kappa shape index (κ3) is 30.8. The van der Waals surface area contributed by atoms with Crippen LogP contribution in [0.5, 0.6) is 0 Å². The van der Waals surface area contributed by atoms with Gasteiger partial charge in [-0.05, 0) is 12.8 Å². The van der Waals surface area contributed by atoms with Crippen molar-refractivity contribution in [1.82, 2.24) is 0 Å². The Labute approximate surface area is 233 Å². The van der Waals surface area contributed by atoms with Crippen molar-refractivity contribution in [3.8, 4) is 0 Å². The van der Waals surface area contributed by atoms with Crippen LogP contribution < -0.4 is 0 Å². The van der Waals surface area contributed by atoms with Crippen molar-refractivity contribution in [2.75, 3.05) is 13.2 Å². The molecule has 0 fully saturated rings. The zero-order valence-corrected chi connectivity index (χ0v) is 26.0. The van der Waals surface area contributed by atoms with Crippen LogP contribution in [0.25, 0.3) is 0 Å². The van der Waals surface area contributed by atoms with E-state index in [9.17, 15) is 0 Å². The summed E-state index contributed by atoms with van der Waals surface area (Å²) in [5, 5.41) is 0.788.